The van der Waals surface area contributed by atoms with Crippen LogP contribution in [0, 0.1) is 6.92 Å². The number of carbonyl (C=O) groups excluding carboxylic acids is 1. The molecule has 25 heavy (non-hydrogen) atoms. The molecule has 0 bridgehead atoms. The van der Waals surface area contributed by atoms with Crippen molar-refractivity contribution in [3.05, 3.63) is 63.7 Å². The summed E-state index contributed by atoms with van der Waals surface area (Å²) in [6, 6.07) is 12.4. The van der Waals surface area contributed by atoms with E-state index in [1.165, 1.54) is 0 Å². The highest BCUT2D eigenvalue weighted by Crippen LogP contribution is 2.32. The molecule has 2 aromatic carbocycles. The summed E-state index contributed by atoms with van der Waals surface area (Å²) in [5.41, 5.74) is 4.41. The number of amides is 2. The molecule has 0 aliphatic heterocycles. The number of urea groups is 1. The van der Waals surface area contributed by atoms with Crippen molar-refractivity contribution >= 4 is 44.9 Å². The normalized spacial score (nSPS) is 10.6. The van der Waals surface area contributed by atoms with Gasteiger partial charge in [-0.1, -0.05) is 17.7 Å². The molecular weight excluding hydrogens is 404 g/mol. The van der Waals surface area contributed by atoms with Gasteiger partial charge in [-0.15, -0.1) is 0 Å². The lowest BCUT2D eigenvalue weighted by molar-refractivity contribution is 0.262. The fourth-order valence-corrected chi connectivity index (χ4v) is 3.18. The van der Waals surface area contributed by atoms with Gasteiger partial charge in [-0.05, 0) is 64.8 Å². The van der Waals surface area contributed by atoms with E-state index >= 15 is 0 Å². The van der Waals surface area contributed by atoms with Gasteiger partial charge in [0.2, 0.25) is 0 Å². The molecule has 0 aliphatic rings. The van der Waals surface area contributed by atoms with E-state index in [2.05, 4.69) is 31.7 Å². The van der Waals surface area contributed by atoms with E-state index in [-0.39, 0.29) is 6.03 Å². The molecule has 0 spiro atoms. The number of benzene rings is 2. The van der Waals surface area contributed by atoms with Crippen molar-refractivity contribution in [1.29, 1.82) is 0 Å². The summed E-state index contributed by atoms with van der Waals surface area (Å²) in [7, 11) is 1.88. The van der Waals surface area contributed by atoms with Crippen LogP contribution < -0.4 is 10.6 Å². The number of carbonyl (C=O) groups is 1. The average Bonchev–Trinajstić information content (AvgIpc) is 2.90. The van der Waals surface area contributed by atoms with Gasteiger partial charge in [0, 0.05) is 29.0 Å². The molecule has 1 aromatic heterocycles. The Labute approximate surface area is 159 Å². The molecule has 0 radical (unpaired) electrons. The van der Waals surface area contributed by atoms with E-state index in [1.54, 1.807) is 35.1 Å². The van der Waals surface area contributed by atoms with Crippen LogP contribution in [0.25, 0.3) is 11.3 Å². The van der Waals surface area contributed by atoms with Crippen molar-refractivity contribution in [3.8, 4) is 11.3 Å². The first-order valence-corrected chi connectivity index (χ1v) is 8.73. The fraction of sp³-hybridized carbons (Fsp3) is 0.111. The number of halogens is 2. The third-order valence-electron chi connectivity index (χ3n) is 3.75. The first kappa shape index (κ1) is 17.5. The smallest absolute Gasteiger partial charge is 0.308 e. The summed E-state index contributed by atoms with van der Waals surface area (Å²) >= 11 is 9.36. The molecule has 2 amide bonds. The maximum atomic E-state index is 12.2. The van der Waals surface area contributed by atoms with Crippen LogP contribution in [-0.4, -0.2) is 15.8 Å². The van der Waals surface area contributed by atoms with Gasteiger partial charge in [-0.2, -0.15) is 5.10 Å². The predicted molar refractivity (Wildman–Crippen MR) is 105 cm³/mol. The molecule has 0 aliphatic carbocycles. The third kappa shape index (κ3) is 4.03. The second-order valence-corrected chi connectivity index (χ2v) is 6.87. The van der Waals surface area contributed by atoms with E-state index in [9.17, 15) is 4.79 Å². The van der Waals surface area contributed by atoms with Gasteiger partial charge in [0.1, 0.15) is 0 Å². The lowest BCUT2D eigenvalue weighted by atomic mass is 10.0. The lowest BCUT2D eigenvalue weighted by Crippen LogP contribution is -2.19. The molecule has 0 atom stereocenters. The van der Waals surface area contributed by atoms with E-state index in [1.807, 2.05) is 32.2 Å². The highest BCUT2D eigenvalue weighted by Gasteiger charge is 2.13. The monoisotopic (exact) mass is 418 g/mol. The Morgan fingerprint density at radius 3 is 2.40 bits per heavy atom. The number of hydrogen-bond donors (Lipinski definition) is 2. The van der Waals surface area contributed by atoms with Gasteiger partial charge >= 0.3 is 6.03 Å². The van der Waals surface area contributed by atoms with Crippen LogP contribution in [0.15, 0.2) is 53.1 Å². The number of rotatable bonds is 3. The second-order valence-electron chi connectivity index (χ2n) is 5.58. The van der Waals surface area contributed by atoms with Crippen molar-refractivity contribution in [2.45, 2.75) is 6.92 Å². The van der Waals surface area contributed by atoms with E-state index < -0.39 is 0 Å². The summed E-state index contributed by atoms with van der Waals surface area (Å²) in [6.07, 6.45) is 1.75. The molecule has 2 N–H and O–H groups in total. The highest BCUT2D eigenvalue weighted by molar-refractivity contribution is 9.10. The van der Waals surface area contributed by atoms with Crippen LogP contribution in [0.5, 0.6) is 0 Å². The minimum Gasteiger partial charge on any atom is -0.308 e. The molecule has 1 heterocycles. The SMILES string of the molecule is Cc1ccc(NC(=O)Nc2ccc(Cl)cc2)cc1-c1c(Br)cnn1C. The van der Waals surface area contributed by atoms with Crippen LogP contribution in [0.1, 0.15) is 5.56 Å². The van der Waals surface area contributed by atoms with Crippen LogP contribution >= 0.6 is 27.5 Å². The summed E-state index contributed by atoms with van der Waals surface area (Å²) in [5, 5.41) is 10.5. The number of aromatic nitrogens is 2. The number of anilines is 2. The molecule has 0 unspecified atom stereocenters. The minimum absolute atomic E-state index is 0.318. The lowest BCUT2D eigenvalue weighted by Gasteiger charge is -2.12. The Bertz CT molecular complexity index is 902. The van der Waals surface area contributed by atoms with Crippen molar-refractivity contribution in [3.63, 3.8) is 0 Å². The Balaban J connectivity index is 1.80. The molecule has 0 fully saturated rings. The van der Waals surface area contributed by atoms with Gasteiger partial charge in [0.25, 0.3) is 0 Å². The zero-order chi connectivity index (χ0) is 18.0. The highest BCUT2D eigenvalue weighted by atomic mass is 79.9. The molecule has 0 saturated heterocycles. The minimum atomic E-state index is -0.318. The predicted octanol–water partition coefficient (Wildman–Crippen LogP) is 5.46. The van der Waals surface area contributed by atoms with Crippen LogP contribution in [0.3, 0.4) is 0 Å². The summed E-state index contributed by atoms with van der Waals surface area (Å²) in [5.74, 6) is 0. The topological polar surface area (TPSA) is 59.0 Å². The average molecular weight is 420 g/mol. The van der Waals surface area contributed by atoms with Crippen molar-refractivity contribution in [2.24, 2.45) is 7.05 Å². The van der Waals surface area contributed by atoms with Gasteiger partial charge in [-0.3, -0.25) is 4.68 Å². The van der Waals surface area contributed by atoms with Crippen LogP contribution in [0.4, 0.5) is 16.2 Å². The second kappa shape index (κ2) is 7.29. The van der Waals surface area contributed by atoms with E-state index in [0.717, 1.165) is 21.3 Å². The number of nitrogens with one attached hydrogen (secondary N) is 2. The molecule has 5 nitrogen and oxygen atoms in total. The van der Waals surface area contributed by atoms with Gasteiger partial charge in [0.15, 0.2) is 0 Å². The molecule has 0 saturated carbocycles. The molecule has 3 aromatic rings. The maximum absolute atomic E-state index is 12.2. The van der Waals surface area contributed by atoms with Gasteiger partial charge in [0.05, 0.1) is 16.4 Å². The zero-order valence-electron chi connectivity index (χ0n) is 13.7. The van der Waals surface area contributed by atoms with Crippen molar-refractivity contribution in [2.75, 3.05) is 10.6 Å². The Morgan fingerprint density at radius 1 is 1.12 bits per heavy atom. The Hall–Kier alpha value is -2.31. The standard InChI is InChI=1S/C18H16BrClN4O/c1-11-3-6-14(9-15(11)17-16(19)10-21-24(17)2)23-18(25)22-13-7-4-12(20)5-8-13/h3-10H,1-2H3,(H2,22,23,25). The number of nitrogens with zero attached hydrogens (tertiary/aromatic N) is 2. The van der Waals surface area contributed by atoms with Crippen LogP contribution in [-0.2, 0) is 7.05 Å². The molecule has 7 heteroatoms. The Morgan fingerprint density at radius 2 is 1.76 bits per heavy atom. The fourth-order valence-electron chi connectivity index (χ4n) is 2.50. The molecule has 3 rings (SSSR count). The van der Waals surface area contributed by atoms with Gasteiger partial charge < -0.3 is 10.6 Å². The summed E-state index contributed by atoms with van der Waals surface area (Å²) in [6.45, 7) is 2.02. The van der Waals surface area contributed by atoms with E-state index in [0.29, 0.717) is 16.4 Å². The van der Waals surface area contributed by atoms with E-state index in [4.69, 9.17) is 11.6 Å². The zero-order valence-corrected chi connectivity index (χ0v) is 16.0. The van der Waals surface area contributed by atoms with Gasteiger partial charge in [-0.25, -0.2) is 4.79 Å². The Kier molecular flexibility index (Phi) is 5.11. The van der Waals surface area contributed by atoms with Crippen molar-refractivity contribution in [1.82, 2.24) is 9.78 Å². The largest absolute Gasteiger partial charge is 0.323 e. The third-order valence-corrected chi connectivity index (χ3v) is 4.58. The molecular formula is C18H16BrClN4O. The first-order valence-electron chi connectivity index (χ1n) is 7.56. The van der Waals surface area contributed by atoms with Crippen molar-refractivity contribution < 1.29 is 4.79 Å². The number of hydrogen-bond acceptors (Lipinski definition) is 2. The summed E-state index contributed by atoms with van der Waals surface area (Å²) < 4.78 is 2.70. The molecule has 128 valence electrons. The quantitative estimate of drug-likeness (QED) is 0.592. The summed E-state index contributed by atoms with van der Waals surface area (Å²) in [4.78, 5) is 12.2. The number of aryl methyl sites for hydroxylation is 2. The van der Waals surface area contributed by atoms with Crippen LogP contribution in [0.2, 0.25) is 5.02 Å². The maximum Gasteiger partial charge on any atom is 0.323 e. The first-order chi connectivity index (χ1) is 11.9.